The van der Waals surface area contributed by atoms with Crippen molar-refractivity contribution in [1.82, 2.24) is 20.6 Å². The van der Waals surface area contributed by atoms with E-state index in [1.54, 1.807) is 0 Å². The van der Waals surface area contributed by atoms with Crippen molar-refractivity contribution in [3.8, 4) is 0 Å². The fraction of sp³-hybridized carbons (Fsp3) is 0.0952. The van der Waals surface area contributed by atoms with Crippen molar-refractivity contribution >= 4 is 23.2 Å². The van der Waals surface area contributed by atoms with Gasteiger partial charge >= 0.3 is 0 Å². The third-order valence-electron chi connectivity index (χ3n) is 4.66. The number of hydrogen-bond donors (Lipinski definition) is 1. The van der Waals surface area contributed by atoms with Crippen LogP contribution in [0.3, 0.4) is 0 Å². The molecule has 0 saturated carbocycles. The highest BCUT2D eigenvalue weighted by Crippen LogP contribution is 2.55. The summed E-state index contributed by atoms with van der Waals surface area (Å²) in [5.74, 6) is 0.831. The van der Waals surface area contributed by atoms with Gasteiger partial charge in [-0.1, -0.05) is 54.6 Å². The molecule has 6 heteroatoms. The van der Waals surface area contributed by atoms with Gasteiger partial charge in [-0.2, -0.15) is 0 Å². The van der Waals surface area contributed by atoms with E-state index in [1.807, 2.05) is 0 Å². The number of aromatic amines is 1. The first kappa shape index (κ1) is 19.4. The molecule has 0 spiro atoms. The van der Waals surface area contributed by atoms with E-state index in [2.05, 4.69) is 112 Å². The maximum Gasteiger partial charge on any atom is 0.152 e. The fourth-order valence-corrected chi connectivity index (χ4v) is 7.70. The Morgan fingerprint density at radius 2 is 1.11 bits per heavy atom. The quantitative estimate of drug-likeness (QED) is 0.422. The molecule has 0 fully saturated rings. The normalized spacial score (nSPS) is 11.0. The minimum absolute atomic E-state index is 0. The van der Waals surface area contributed by atoms with Crippen LogP contribution in [0.25, 0.3) is 0 Å². The zero-order valence-electron chi connectivity index (χ0n) is 14.7. The number of aromatic nitrogens is 4. The van der Waals surface area contributed by atoms with Gasteiger partial charge in [-0.25, -0.2) is 5.10 Å². The predicted octanol–water partition coefficient (Wildman–Crippen LogP) is -0.260. The molecule has 4 nitrogen and oxygen atoms in total. The molecule has 1 N–H and O–H groups in total. The summed E-state index contributed by atoms with van der Waals surface area (Å²) in [4.78, 5) is 0. The van der Waals surface area contributed by atoms with E-state index in [4.69, 9.17) is 0 Å². The molecule has 4 aromatic rings. The van der Waals surface area contributed by atoms with Gasteiger partial charge in [-0.05, 0) is 46.8 Å². The van der Waals surface area contributed by atoms with Gasteiger partial charge in [0.1, 0.15) is 23.2 Å². The zero-order chi connectivity index (χ0) is 17.7. The first-order valence-corrected chi connectivity index (χ1v) is 10.6. The SMILES string of the molecule is [Br-].c1ccc([P+](CCc2nnn[nH]2)(c2ccccc2)c2ccccc2)cc1. The van der Waals surface area contributed by atoms with Crippen molar-refractivity contribution in [3.63, 3.8) is 0 Å². The minimum Gasteiger partial charge on any atom is -1.00 e. The number of benzene rings is 3. The molecule has 27 heavy (non-hydrogen) atoms. The molecule has 0 radical (unpaired) electrons. The number of rotatable bonds is 6. The van der Waals surface area contributed by atoms with E-state index < -0.39 is 7.26 Å². The monoisotopic (exact) mass is 438 g/mol. The first-order chi connectivity index (χ1) is 12.9. The molecule has 0 unspecified atom stereocenters. The first-order valence-electron chi connectivity index (χ1n) is 8.67. The maximum atomic E-state index is 4.10. The van der Waals surface area contributed by atoms with Gasteiger partial charge in [-0.3, -0.25) is 0 Å². The van der Waals surface area contributed by atoms with Gasteiger partial charge in [0, 0.05) is 6.42 Å². The summed E-state index contributed by atoms with van der Waals surface area (Å²) in [6, 6.07) is 32.6. The summed E-state index contributed by atoms with van der Waals surface area (Å²) in [6.45, 7) is 0. The van der Waals surface area contributed by atoms with Crippen LogP contribution in [-0.4, -0.2) is 26.8 Å². The van der Waals surface area contributed by atoms with Gasteiger partial charge in [0.25, 0.3) is 0 Å². The lowest BCUT2D eigenvalue weighted by molar-refractivity contribution is -0.00000529. The van der Waals surface area contributed by atoms with Crippen LogP contribution < -0.4 is 32.9 Å². The topological polar surface area (TPSA) is 54.5 Å². The molecule has 0 aliphatic heterocycles. The van der Waals surface area contributed by atoms with Gasteiger partial charge in [-0.15, -0.1) is 5.10 Å². The van der Waals surface area contributed by atoms with Crippen LogP contribution in [0.2, 0.25) is 0 Å². The Bertz CT molecular complexity index is 835. The molecule has 0 atom stereocenters. The second-order valence-corrected chi connectivity index (χ2v) is 9.75. The Balaban J connectivity index is 0.00000210. The summed E-state index contributed by atoms with van der Waals surface area (Å²) >= 11 is 0. The summed E-state index contributed by atoms with van der Waals surface area (Å²) in [5, 5.41) is 18.6. The average molecular weight is 439 g/mol. The molecular weight excluding hydrogens is 419 g/mol. The Morgan fingerprint density at radius 3 is 1.48 bits per heavy atom. The molecule has 3 aromatic carbocycles. The van der Waals surface area contributed by atoms with E-state index in [0.29, 0.717) is 0 Å². The van der Waals surface area contributed by atoms with Crippen LogP contribution in [-0.2, 0) is 6.42 Å². The Kier molecular flexibility index (Phi) is 6.49. The van der Waals surface area contributed by atoms with Gasteiger partial charge in [0.05, 0.1) is 6.16 Å². The van der Waals surface area contributed by atoms with E-state index in [1.165, 1.54) is 15.9 Å². The van der Waals surface area contributed by atoms with E-state index >= 15 is 0 Å². The molecular formula is C21H20BrN4P. The third kappa shape index (κ3) is 4.00. The van der Waals surface area contributed by atoms with Crippen molar-refractivity contribution in [2.24, 2.45) is 0 Å². The van der Waals surface area contributed by atoms with Crippen molar-refractivity contribution in [1.29, 1.82) is 0 Å². The average Bonchev–Trinajstić information content (AvgIpc) is 3.25. The van der Waals surface area contributed by atoms with Crippen LogP contribution in [0.15, 0.2) is 91.0 Å². The summed E-state index contributed by atoms with van der Waals surface area (Å²) in [7, 11) is -1.81. The number of hydrogen-bond acceptors (Lipinski definition) is 3. The Labute approximate surface area is 170 Å². The van der Waals surface area contributed by atoms with E-state index in [0.717, 1.165) is 18.4 Å². The summed E-state index contributed by atoms with van der Waals surface area (Å²) in [5.41, 5.74) is 0. The number of nitrogens with zero attached hydrogens (tertiary/aromatic N) is 3. The standard InChI is InChI=1S/C21H20N4P.BrH/c1-4-10-18(11-5-1)26(19-12-6-2-7-13-19,20-14-8-3-9-15-20)17-16-21-22-24-25-23-21;/h1-15H,16-17H2,(H,22,23,24,25);1H/q+1;/p-1. The van der Waals surface area contributed by atoms with Crippen LogP contribution in [0, 0.1) is 0 Å². The molecule has 136 valence electrons. The highest BCUT2D eigenvalue weighted by atomic mass is 79.9. The number of nitrogens with one attached hydrogen (secondary N) is 1. The van der Waals surface area contributed by atoms with Crippen molar-refractivity contribution in [2.45, 2.75) is 6.42 Å². The predicted molar refractivity (Wildman–Crippen MR) is 108 cm³/mol. The van der Waals surface area contributed by atoms with Gasteiger partial charge < -0.3 is 17.0 Å². The number of tetrazole rings is 1. The van der Waals surface area contributed by atoms with Crippen molar-refractivity contribution in [3.05, 3.63) is 96.8 Å². The lowest BCUT2D eigenvalue weighted by Gasteiger charge is -2.27. The highest BCUT2D eigenvalue weighted by molar-refractivity contribution is 7.95. The van der Waals surface area contributed by atoms with Crippen LogP contribution >= 0.6 is 7.26 Å². The van der Waals surface area contributed by atoms with Crippen molar-refractivity contribution in [2.75, 3.05) is 6.16 Å². The fourth-order valence-electron chi connectivity index (χ4n) is 3.44. The molecule has 0 bridgehead atoms. The summed E-state index contributed by atoms with van der Waals surface area (Å²) in [6.07, 6.45) is 1.78. The molecule has 1 heterocycles. The molecule has 0 saturated heterocycles. The smallest absolute Gasteiger partial charge is 0.152 e. The van der Waals surface area contributed by atoms with Gasteiger partial charge in [0.2, 0.25) is 0 Å². The van der Waals surface area contributed by atoms with E-state index in [-0.39, 0.29) is 17.0 Å². The van der Waals surface area contributed by atoms with Crippen LogP contribution in [0.5, 0.6) is 0 Å². The second-order valence-electron chi connectivity index (χ2n) is 6.14. The maximum absolute atomic E-state index is 4.10. The zero-order valence-corrected chi connectivity index (χ0v) is 17.2. The molecule has 1 aromatic heterocycles. The molecule has 4 rings (SSSR count). The summed E-state index contributed by atoms with van der Waals surface area (Å²) < 4.78 is 0. The van der Waals surface area contributed by atoms with E-state index in [9.17, 15) is 0 Å². The molecule has 0 aliphatic rings. The highest BCUT2D eigenvalue weighted by Gasteiger charge is 2.44. The molecule has 0 amide bonds. The van der Waals surface area contributed by atoms with Gasteiger partial charge in [0.15, 0.2) is 5.82 Å². The number of aryl methyl sites for hydroxylation is 1. The minimum atomic E-state index is -1.81. The number of halogens is 1. The van der Waals surface area contributed by atoms with Crippen LogP contribution in [0.1, 0.15) is 5.82 Å². The lowest BCUT2D eigenvalue weighted by atomic mass is 10.3. The number of H-pyrrole nitrogens is 1. The lowest BCUT2D eigenvalue weighted by Crippen LogP contribution is -3.00. The Hall–Kier alpha value is -2.36. The second kappa shape index (κ2) is 9.03. The van der Waals surface area contributed by atoms with Crippen molar-refractivity contribution < 1.29 is 17.0 Å². The van der Waals surface area contributed by atoms with Crippen LogP contribution in [0.4, 0.5) is 0 Å². The Morgan fingerprint density at radius 1 is 0.667 bits per heavy atom. The third-order valence-corrected chi connectivity index (χ3v) is 9.10. The largest absolute Gasteiger partial charge is 1.00 e. The molecule has 0 aliphatic carbocycles.